The van der Waals surface area contributed by atoms with E-state index in [1.807, 2.05) is 23.1 Å². The highest BCUT2D eigenvalue weighted by Crippen LogP contribution is 2.34. The molecule has 1 aliphatic heterocycles. The summed E-state index contributed by atoms with van der Waals surface area (Å²) in [7, 11) is 0. The van der Waals surface area contributed by atoms with Gasteiger partial charge in [-0.25, -0.2) is 19.7 Å². The first kappa shape index (κ1) is 18.1. The second-order valence-electron chi connectivity index (χ2n) is 6.55. The molecule has 1 saturated heterocycles. The average molecular weight is 383 g/mol. The Bertz CT molecular complexity index is 990. The van der Waals surface area contributed by atoms with E-state index in [4.69, 9.17) is 10.5 Å². The van der Waals surface area contributed by atoms with Crippen molar-refractivity contribution in [1.82, 2.24) is 25.1 Å². The van der Waals surface area contributed by atoms with Gasteiger partial charge in [0.1, 0.15) is 11.0 Å². The van der Waals surface area contributed by atoms with Gasteiger partial charge in [-0.05, 0) is 31.9 Å². The van der Waals surface area contributed by atoms with Gasteiger partial charge in [0.05, 0.1) is 24.5 Å². The Labute approximate surface area is 160 Å². The number of hydrogen-bond acceptors (Lipinski definition) is 8. The molecule has 3 aromatic heterocycles. The highest BCUT2D eigenvalue weighted by Gasteiger charge is 2.30. The van der Waals surface area contributed by atoms with Crippen molar-refractivity contribution < 1.29 is 14.6 Å². The van der Waals surface area contributed by atoms with Crippen LogP contribution in [0.3, 0.4) is 0 Å². The SMILES string of the molecule is NCCCOc1cccc([C@H]2CCCN2c2ncc3[nH]nc(C(=O)O)c3n2)n1. The van der Waals surface area contributed by atoms with Crippen molar-refractivity contribution >= 4 is 23.0 Å². The maximum atomic E-state index is 11.4. The van der Waals surface area contributed by atoms with Crippen LogP contribution in [0.5, 0.6) is 5.88 Å². The zero-order chi connectivity index (χ0) is 19.5. The number of aromatic nitrogens is 5. The van der Waals surface area contributed by atoms with Crippen LogP contribution in [0.1, 0.15) is 41.5 Å². The fourth-order valence-corrected chi connectivity index (χ4v) is 3.36. The predicted molar refractivity (Wildman–Crippen MR) is 101 cm³/mol. The number of nitrogens with one attached hydrogen (secondary N) is 1. The van der Waals surface area contributed by atoms with Gasteiger partial charge in [-0.1, -0.05) is 6.07 Å². The summed E-state index contributed by atoms with van der Waals surface area (Å²) in [6.07, 6.45) is 4.19. The second kappa shape index (κ2) is 7.77. The molecule has 10 heteroatoms. The first-order valence-electron chi connectivity index (χ1n) is 9.18. The molecule has 0 unspecified atom stereocenters. The maximum absolute atomic E-state index is 11.4. The lowest BCUT2D eigenvalue weighted by Gasteiger charge is -2.24. The number of hydrogen-bond donors (Lipinski definition) is 3. The molecule has 1 atom stereocenters. The van der Waals surface area contributed by atoms with Gasteiger partial charge in [-0.2, -0.15) is 5.10 Å². The van der Waals surface area contributed by atoms with E-state index < -0.39 is 5.97 Å². The number of anilines is 1. The number of fused-ring (bicyclic) bond motifs is 1. The van der Waals surface area contributed by atoms with E-state index in [2.05, 4.69) is 25.1 Å². The molecule has 0 aromatic carbocycles. The summed E-state index contributed by atoms with van der Waals surface area (Å²) in [6.45, 7) is 1.86. The minimum atomic E-state index is -1.13. The number of carboxylic acid groups (broad SMARTS) is 1. The fraction of sp³-hybridized carbons (Fsp3) is 0.389. The van der Waals surface area contributed by atoms with Crippen LogP contribution in [0.15, 0.2) is 24.4 Å². The molecule has 1 fully saturated rings. The third-order valence-electron chi connectivity index (χ3n) is 4.69. The molecule has 0 saturated carbocycles. The number of carboxylic acids is 1. The molecule has 0 bridgehead atoms. The topological polar surface area (TPSA) is 143 Å². The van der Waals surface area contributed by atoms with E-state index in [0.717, 1.165) is 31.5 Å². The number of H-pyrrole nitrogens is 1. The first-order chi connectivity index (χ1) is 13.7. The standard InChI is InChI=1S/C18H21N7O3/c19-7-3-9-28-14-6-1-4-11(21-14)13-5-2-8-25(13)18-20-10-12-15(22-18)16(17(26)27)24-23-12/h1,4,6,10,13H,2-3,5,7-9,19H2,(H,23,24)(H,26,27)/t13-/m1/s1. The minimum Gasteiger partial charge on any atom is -0.478 e. The molecule has 4 N–H and O–H groups in total. The van der Waals surface area contributed by atoms with Gasteiger partial charge < -0.3 is 20.5 Å². The van der Waals surface area contributed by atoms with Gasteiger partial charge in [0, 0.05) is 12.6 Å². The van der Waals surface area contributed by atoms with Crippen molar-refractivity contribution in [3.8, 4) is 5.88 Å². The van der Waals surface area contributed by atoms with Crippen LogP contribution < -0.4 is 15.4 Å². The number of aromatic amines is 1. The Morgan fingerprint density at radius 3 is 3.11 bits per heavy atom. The molecule has 0 aliphatic carbocycles. The highest BCUT2D eigenvalue weighted by molar-refractivity contribution is 5.98. The smallest absolute Gasteiger partial charge is 0.358 e. The summed E-state index contributed by atoms with van der Waals surface area (Å²) < 4.78 is 5.66. The Morgan fingerprint density at radius 1 is 1.39 bits per heavy atom. The third-order valence-corrected chi connectivity index (χ3v) is 4.69. The van der Waals surface area contributed by atoms with Gasteiger partial charge in [0.25, 0.3) is 0 Å². The third kappa shape index (κ3) is 3.46. The largest absolute Gasteiger partial charge is 0.478 e. The number of ether oxygens (including phenoxy) is 1. The van der Waals surface area contributed by atoms with Gasteiger partial charge in [-0.15, -0.1) is 0 Å². The Hall–Kier alpha value is -3.27. The Balaban J connectivity index is 1.62. The number of aromatic carboxylic acids is 1. The van der Waals surface area contributed by atoms with Crippen LogP contribution in [0.25, 0.3) is 11.0 Å². The molecule has 0 amide bonds. The van der Waals surface area contributed by atoms with Crippen LogP contribution in [-0.4, -0.2) is 55.9 Å². The lowest BCUT2D eigenvalue weighted by atomic mass is 10.1. The van der Waals surface area contributed by atoms with E-state index in [1.165, 1.54) is 0 Å². The number of nitrogens with zero attached hydrogens (tertiary/aromatic N) is 5. The van der Waals surface area contributed by atoms with Crippen molar-refractivity contribution in [2.45, 2.75) is 25.3 Å². The summed E-state index contributed by atoms with van der Waals surface area (Å²) in [6, 6.07) is 5.69. The highest BCUT2D eigenvalue weighted by atomic mass is 16.5. The first-order valence-corrected chi connectivity index (χ1v) is 9.18. The van der Waals surface area contributed by atoms with Gasteiger partial charge in [-0.3, -0.25) is 5.10 Å². The van der Waals surface area contributed by atoms with Crippen molar-refractivity contribution in [1.29, 1.82) is 0 Å². The van der Waals surface area contributed by atoms with Gasteiger partial charge in [0.2, 0.25) is 11.8 Å². The van der Waals surface area contributed by atoms with E-state index in [1.54, 1.807) is 6.20 Å². The molecule has 4 rings (SSSR count). The van der Waals surface area contributed by atoms with Gasteiger partial charge >= 0.3 is 5.97 Å². The molecular weight excluding hydrogens is 362 g/mol. The van der Waals surface area contributed by atoms with Crippen LogP contribution in [0.4, 0.5) is 5.95 Å². The van der Waals surface area contributed by atoms with Crippen LogP contribution >= 0.6 is 0 Å². The van der Waals surface area contributed by atoms with E-state index in [0.29, 0.717) is 36.0 Å². The average Bonchev–Trinajstić information content (AvgIpc) is 3.35. The van der Waals surface area contributed by atoms with E-state index in [9.17, 15) is 9.90 Å². The molecule has 28 heavy (non-hydrogen) atoms. The van der Waals surface area contributed by atoms with Crippen LogP contribution in [0.2, 0.25) is 0 Å². The molecule has 146 valence electrons. The lowest BCUT2D eigenvalue weighted by Crippen LogP contribution is -2.25. The molecule has 0 spiro atoms. The van der Waals surface area contributed by atoms with Crippen molar-refractivity contribution in [2.75, 3.05) is 24.6 Å². The second-order valence-corrected chi connectivity index (χ2v) is 6.55. The molecule has 4 heterocycles. The van der Waals surface area contributed by atoms with Crippen LogP contribution in [0, 0.1) is 0 Å². The van der Waals surface area contributed by atoms with Crippen LogP contribution in [-0.2, 0) is 0 Å². The summed E-state index contributed by atoms with van der Waals surface area (Å²) in [4.78, 5) is 26.9. The number of rotatable bonds is 7. The molecule has 10 nitrogen and oxygen atoms in total. The minimum absolute atomic E-state index is 0.00399. The summed E-state index contributed by atoms with van der Waals surface area (Å²) >= 11 is 0. The zero-order valence-corrected chi connectivity index (χ0v) is 15.2. The van der Waals surface area contributed by atoms with Gasteiger partial charge in [0.15, 0.2) is 5.69 Å². The quantitative estimate of drug-likeness (QED) is 0.517. The predicted octanol–water partition coefficient (Wildman–Crippen LogP) is 1.52. The molecule has 1 aliphatic rings. The number of carbonyl (C=O) groups is 1. The van der Waals surface area contributed by atoms with Crippen molar-refractivity contribution in [3.05, 3.63) is 35.8 Å². The summed E-state index contributed by atoms with van der Waals surface area (Å²) in [5, 5.41) is 15.7. The maximum Gasteiger partial charge on any atom is 0.358 e. The summed E-state index contributed by atoms with van der Waals surface area (Å²) in [5.41, 5.74) is 7.06. The van der Waals surface area contributed by atoms with E-state index in [-0.39, 0.29) is 11.7 Å². The van der Waals surface area contributed by atoms with Crippen molar-refractivity contribution in [2.24, 2.45) is 5.73 Å². The Kier molecular flexibility index (Phi) is 5.02. The number of pyridine rings is 1. The number of nitrogens with two attached hydrogens (primary N) is 1. The fourth-order valence-electron chi connectivity index (χ4n) is 3.36. The van der Waals surface area contributed by atoms with Crippen molar-refractivity contribution in [3.63, 3.8) is 0 Å². The molecule has 0 radical (unpaired) electrons. The monoisotopic (exact) mass is 383 g/mol. The summed E-state index contributed by atoms with van der Waals surface area (Å²) in [5.74, 6) is -0.0924. The Morgan fingerprint density at radius 2 is 2.29 bits per heavy atom. The zero-order valence-electron chi connectivity index (χ0n) is 15.2. The normalized spacial score (nSPS) is 16.6. The molecule has 3 aromatic rings. The van der Waals surface area contributed by atoms with E-state index >= 15 is 0 Å². The lowest BCUT2D eigenvalue weighted by molar-refractivity contribution is 0.0692. The molecular formula is C18H21N7O3.